The van der Waals surface area contributed by atoms with Crippen LogP contribution in [0.5, 0.6) is 11.5 Å². The number of aromatic nitrogens is 1. The second-order valence-corrected chi connectivity index (χ2v) is 7.91. The van der Waals surface area contributed by atoms with Crippen LogP contribution in [-0.2, 0) is 10.3 Å². The van der Waals surface area contributed by atoms with E-state index in [9.17, 15) is 10.1 Å². The molecular weight excluding hydrogens is 386 g/mol. The Bertz CT molecular complexity index is 986. The van der Waals surface area contributed by atoms with E-state index >= 15 is 0 Å². The molecule has 4 rings (SSSR count). The minimum absolute atomic E-state index is 0.0396. The van der Waals surface area contributed by atoms with Crippen LogP contribution in [0.1, 0.15) is 31.0 Å². The molecule has 3 heterocycles. The van der Waals surface area contributed by atoms with Crippen molar-refractivity contribution < 1.29 is 18.7 Å². The average molecular weight is 411 g/mol. The number of hydrogen-bond acceptors (Lipinski definition) is 8. The summed E-state index contributed by atoms with van der Waals surface area (Å²) in [6, 6.07) is 7.88. The highest BCUT2D eigenvalue weighted by atomic mass is 16.7. The van der Waals surface area contributed by atoms with Crippen molar-refractivity contribution >= 4 is 11.8 Å². The Labute approximate surface area is 175 Å². The van der Waals surface area contributed by atoms with Gasteiger partial charge in [0.05, 0.1) is 6.54 Å². The van der Waals surface area contributed by atoms with Crippen molar-refractivity contribution in [1.82, 2.24) is 15.2 Å². The molecule has 9 heteroatoms. The number of aryl methyl sites for hydroxylation is 1. The zero-order chi connectivity index (χ0) is 21.3. The minimum atomic E-state index is -0.405. The predicted molar refractivity (Wildman–Crippen MR) is 108 cm³/mol. The van der Waals surface area contributed by atoms with Gasteiger partial charge >= 0.3 is 0 Å². The molecule has 0 unspecified atom stereocenters. The van der Waals surface area contributed by atoms with Gasteiger partial charge in [0, 0.05) is 38.6 Å². The molecule has 0 radical (unpaired) electrons. The lowest BCUT2D eigenvalue weighted by atomic mass is 9.94. The van der Waals surface area contributed by atoms with Crippen molar-refractivity contribution in [2.75, 3.05) is 44.4 Å². The molecule has 1 aromatic carbocycles. The van der Waals surface area contributed by atoms with Crippen LogP contribution in [0.4, 0.5) is 5.88 Å². The number of benzene rings is 1. The highest BCUT2D eigenvalue weighted by Crippen LogP contribution is 2.35. The summed E-state index contributed by atoms with van der Waals surface area (Å²) in [6.45, 7) is 8.58. The monoisotopic (exact) mass is 411 g/mol. The maximum atomic E-state index is 12.7. The first kappa shape index (κ1) is 20.0. The number of rotatable bonds is 5. The minimum Gasteiger partial charge on any atom is -0.454 e. The van der Waals surface area contributed by atoms with Gasteiger partial charge < -0.3 is 23.7 Å². The number of carbonyl (C=O) groups is 1. The lowest BCUT2D eigenvalue weighted by molar-refractivity contribution is -0.130. The first-order valence-electron chi connectivity index (χ1n) is 9.93. The molecule has 1 aromatic heterocycles. The number of nitrogens with one attached hydrogen (secondary N) is 1. The maximum Gasteiger partial charge on any atom is 0.236 e. The van der Waals surface area contributed by atoms with Crippen LogP contribution in [0.15, 0.2) is 22.6 Å². The molecule has 30 heavy (non-hydrogen) atoms. The number of oxazole rings is 1. The average Bonchev–Trinajstić information content (AvgIpc) is 3.37. The van der Waals surface area contributed by atoms with Crippen molar-refractivity contribution in [3.8, 4) is 17.6 Å². The third-order valence-corrected chi connectivity index (χ3v) is 5.52. The number of anilines is 1. The van der Waals surface area contributed by atoms with Gasteiger partial charge in [-0.25, -0.2) is 4.98 Å². The Kier molecular flexibility index (Phi) is 5.26. The molecule has 1 saturated heterocycles. The number of amides is 1. The Morgan fingerprint density at radius 1 is 1.23 bits per heavy atom. The molecular formula is C21H25N5O4. The Balaban J connectivity index is 1.32. The molecule has 2 aliphatic rings. The summed E-state index contributed by atoms with van der Waals surface area (Å²) < 4.78 is 16.4. The maximum absolute atomic E-state index is 12.7. The molecule has 0 bridgehead atoms. The lowest BCUT2D eigenvalue weighted by Crippen LogP contribution is -2.52. The van der Waals surface area contributed by atoms with Crippen molar-refractivity contribution in [2.24, 2.45) is 0 Å². The first-order valence-corrected chi connectivity index (χ1v) is 9.93. The van der Waals surface area contributed by atoms with Gasteiger partial charge in [-0.05, 0) is 31.5 Å². The van der Waals surface area contributed by atoms with E-state index in [2.05, 4.69) is 16.4 Å². The molecule has 1 amide bonds. The molecule has 0 spiro atoms. The van der Waals surface area contributed by atoms with Crippen LogP contribution in [0.2, 0.25) is 0 Å². The van der Waals surface area contributed by atoms with Crippen molar-refractivity contribution in [3.63, 3.8) is 0 Å². The number of hydrogen-bond donors (Lipinski definition) is 1. The van der Waals surface area contributed by atoms with Gasteiger partial charge in [-0.3, -0.25) is 10.1 Å². The van der Waals surface area contributed by atoms with Crippen LogP contribution >= 0.6 is 0 Å². The fourth-order valence-corrected chi connectivity index (χ4v) is 3.66. The van der Waals surface area contributed by atoms with Crippen molar-refractivity contribution in [1.29, 1.82) is 5.26 Å². The normalized spacial score (nSPS) is 15.9. The highest BCUT2D eigenvalue weighted by molar-refractivity contribution is 5.78. The van der Waals surface area contributed by atoms with E-state index in [0.717, 1.165) is 17.1 Å². The lowest BCUT2D eigenvalue weighted by Gasteiger charge is -2.35. The zero-order valence-electron chi connectivity index (χ0n) is 17.4. The van der Waals surface area contributed by atoms with Crippen LogP contribution in [-0.4, -0.2) is 55.3 Å². The summed E-state index contributed by atoms with van der Waals surface area (Å²) in [5.74, 6) is 2.46. The SMILES string of the molecule is Cc1nc(C#N)c(N2CCN(C(=O)CNC(C)(C)c3ccc4c(c3)OCO4)CC2)o1. The van der Waals surface area contributed by atoms with Gasteiger partial charge in [0.1, 0.15) is 6.07 Å². The first-order chi connectivity index (χ1) is 14.4. The molecule has 1 fully saturated rings. The van der Waals surface area contributed by atoms with Crippen LogP contribution < -0.4 is 19.7 Å². The van der Waals surface area contributed by atoms with Crippen LogP contribution in [0, 0.1) is 18.3 Å². The van der Waals surface area contributed by atoms with Gasteiger partial charge in [0.25, 0.3) is 0 Å². The second-order valence-electron chi connectivity index (χ2n) is 7.91. The highest BCUT2D eigenvalue weighted by Gasteiger charge is 2.28. The van der Waals surface area contributed by atoms with E-state index in [0.29, 0.717) is 43.6 Å². The zero-order valence-corrected chi connectivity index (χ0v) is 17.4. The number of piperazine rings is 1. The molecule has 2 aliphatic heterocycles. The van der Waals surface area contributed by atoms with Gasteiger partial charge in [0.2, 0.25) is 24.3 Å². The van der Waals surface area contributed by atoms with Crippen LogP contribution in [0.3, 0.4) is 0 Å². The number of carbonyl (C=O) groups excluding carboxylic acids is 1. The topological polar surface area (TPSA) is 104 Å². The smallest absolute Gasteiger partial charge is 0.236 e. The van der Waals surface area contributed by atoms with E-state index in [-0.39, 0.29) is 19.2 Å². The summed E-state index contributed by atoms with van der Waals surface area (Å²) in [5, 5.41) is 12.6. The van der Waals surface area contributed by atoms with Crippen molar-refractivity contribution in [3.05, 3.63) is 35.3 Å². The third-order valence-electron chi connectivity index (χ3n) is 5.52. The Morgan fingerprint density at radius 3 is 2.70 bits per heavy atom. The summed E-state index contributed by atoms with van der Waals surface area (Å²) >= 11 is 0. The Morgan fingerprint density at radius 2 is 1.97 bits per heavy atom. The summed E-state index contributed by atoms with van der Waals surface area (Å²) in [4.78, 5) is 20.6. The number of fused-ring (bicyclic) bond motifs is 1. The quantitative estimate of drug-likeness (QED) is 0.794. The number of nitrogens with zero attached hydrogens (tertiary/aromatic N) is 4. The summed E-state index contributed by atoms with van der Waals surface area (Å²) in [6.07, 6.45) is 0. The fraction of sp³-hybridized carbons (Fsp3) is 0.476. The largest absolute Gasteiger partial charge is 0.454 e. The molecule has 158 valence electrons. The molecule has 9 nitrogen and oxygen atoms in total. The van der Waals surface area contributed by atoms with E-state index in [1.54, 1.807) is 6.92 Å². The summed E-state index contributed by atoms with van der Waals surface area (Å²) in [5.41, 5.74) is 0.908. The number of ether oxygens (including phenoxy) is 2. The second kappa shape index (κ2) is 7.88. The van der Waals surface area contributed by atoms with Gasteiger partial charge in [-0.15, -0.1) is 0 Å². The van der Waals surface area contributed by atoms with E-state index in [1.165, 1.54) is 0 Å². The fourth-order valence-electron chi connectivity index (χ4n) is 3.66. The molecule has 0 atom stereocenters. The predicted octanol–water partition coefficient (Wildman–Crippen LogP) is 1.76. The molecule has 2 aromatic rings. The molecule has 1 N–H and O–H groups in total. The van der Waals surface area contributed by atoms with Crippen molar-refractivity contribution in [2.45, 2.75) is 26.3 Å². The summed E-state index contributed by atoms with van der Waals surface area (Å²) in [7, 11) is 0. The van der Waals surface area contributed by atoms with E-state index < -0.39 is 5.54 Å². The standard InChI is InChI=1S/C21H25N5O4/c1-14-24-16(11-22)20(30-14)26-8-6-25(7-9-26)19(27)12-23-21(2,3)15-4-5-17-18(10-15)29-13-28-17/h4-5,10,23H,6-9,12-13H2,1-3H3. The Hall–Kier alpha value is -3.25. The van der Waals surface area contributed by atoms with Gasteiger partial charge in [-0.1, -0.05) is 6.07 Å². The van der Waals surface area contributed by atoms with Crippen LogP contribution in [0.25, 0.3) is 0 Å². The molecule has 0 saturated carbocycles. The van der Waals surface area contributed by atoms with Gasteiger partial charge in [0.15, 0.2) is 17.4 Å². The number of nitriles is 1. The van der Waals surface area contributed by atoms with Gasteiger partial charge in [-0.2, -0.15) is 5.26 Å². The van der Waals surface area contributed by atoms with E-state index in [1.807, 2.05) is 41.8 Å². The molecule has 0 aliphatic carbocycles. The third kappa shape index (κ3) is 3.91. The van der Waals surface area contributed by atoms with E-state index in [4.69, 9.17) is 13.9 Å².